The maximum atomic E-state index is 12.9. The molecule has 1 unspecified atom stereocenters. The SMILES string of the molecule is CO[PH](=O)C1=C2C=CC(=[N+](C)C)C=C2[Si](C)(C)c2cc(N(C)C)ccc21.[CH2-]CC.[CH2-]CC.[Ni+2]. The number of benzene rings is 1. The summed E-state index contributed by atoms with van der Waals surface area (Å²) >= 11 is 0. The van der Waals surface area contributed by atoms with Crippen LogP contribution in [0.1, 0.15) is 32.3 Å². The van der Waals surface area contributed by atoms with Crippen molar-refractivity contribution in [1.29, 1.82) is 0 Å². The number of rotatable bonds is 3. The van der Waals surface area contributed by atoms with Gasteiger partial charge in [0.2, 0.25) is 8.03 Å². The molecule has 0 saturated carbocycles. The Balaban J connectivity index is 0.00000132. The minimum atomic E-state index is -2.31. The monoisotopic (exact) mass is 531 g/mol. The van der Waals surface area contributed by atoms with E-state index < -0.39 is 16.1 Å². The van der Waals surface area contributed by atoms with Crippen LogP contribution in [0.5, 0.6) is 0 Å². The summed E-state index contributed by atoms with van der Waals surface area (Å²) in [4.78, 5) is 2.12. The molecule has 7 heteroatoms. The molecule has 3 rings (SSSR count). The summed E-state index contributed by atoms with van der Waals surface area (Å²) in [6.45, 7) is 15.8. The molecule has 2 aliphatic rings. The van der Waals surface area contributed by atoms with Crippen molar-refractivity contribution in [2.75, 3.05) is 40.2 Å². The van der Waals surface area contributed by atoms with Gasteiger partial charge in [-0.1, -0.05) is 33.0 Å². The average molecular weight is 532 g/mol. The van der Waals surface area contributed by atoms with Crippen LogP contribution in [0.25, 0.3) is 5.31 Å². The Hall–Kier alpha value is -1.19. The number of nitrogens with zero attached hydrogens (tertiary/aromatic N) is 2. The summed E-state index contributed by atoms with van der Waals surface area (Å²) in [7, 11) is 5.51. The second kappa shape index (κ2) is 14.3. The van der Waals surface area contributed by atoms with E-state index in [4.69, 9.17) is 4.52 Å². The molecule has 0 amide bonds. The predicted molar refractivity (Wildman–Crippen MR) is 146 cm³/mol. The fourth-order valence-electron chi connectivity index (χ4n) is 3.70. The van der Waals surface area contributed by atoms with E-state index in [2.05, 4.69) is 101 Å². The van der Waals surface area contributed by atoms with Crippen LogP contribution in [0.3, 0.4) is 0 Å². The molecule has 4 nitrogen and oxygen atoms in total. The molecule has 0 radical (unpaired) electrons. The Morgan fingerprint density at radius 3 is 2.09 bits per heavy atom. The van der Waals surface area contributed by atoms with E-state index in [9.17, 15) is 4.57 Å². The van der Waals surface area contributed by atoms with Gasteiger partial charge in [0.1, 0.15) is 22.2 Å². The first kappa shape index (κ1) is 31.8. The zero-order valence-corrected chi connectivity index (χ0v) is 24.8. The Bertz CT molecular complexity index is 957. The van der Waals surface area contributed by atoms with Gasteiger partial charge >= 0.3 is 16.5 Å². The molecular formula is C26H42N2NiO2PSi+. The summed E-state index contributed by atoms with van der Waals surface area (Å²) in [5, 5.41) is 3.53. The summed E-state index contributed by atoms with van der Waals surface area (Å²) in [5.74, 6) is 0. The third kappa shape index (κ3) is 7.39. The normalized spacial score (nSPS) is 16.0. The molecule has 0 bridgehead atoms. The minimum absolute atomic E-state index is 0. The molecule has 1 aromatic carbocycles. The van der Waals surface area contributed by atoms with Gasteiger partial charge in [-0.25, -0.2) is 4.58 Å². The molecule has 1 heterocycles. The van der Waals surface area contributed by atoms with E-state index in [0.717, 1.165) is 29.3 Å². The quantitative estimate of drug-likeness (QED) is 0.216. The van der Waals surface area contributed by atoms with Gasteiger partial charge in [-0.2, -0.15) is 12.8 Å². The number of hydrogen-bond acceptors (Lipinski definition) is 3. The van der Waals surface area contributed by atoms with Crippen LogP contribution in [0.4, 0.5) is 5.69 Å². The van der Waals surface area contributed by atoms with Gasteiger partial charge < -0.3 is 23.3 Å². The Labute approximate surface area is 214 Å². The second-order valence-electron chi connectivity index (χ2n) is 8.74. The minimum Gasteiger partial charge on any atom is -0.378 e. The molecule has 0 fully saturated rings. The Morgan fingerprint density at radius 2 is 1.64 bits per heavy atom. The van der Waals surface area contributed by atoms with Crippen molar-refractivity contribution < 1.29 is 30.2 Å². The molecule has 0 spiro atoms. The molecule has 0 aromatic heterocycles. The first-order valence-electron chi connectivity index (χ1n) is 11.2. The van der Waals surface area contributed by atoms with Gasteiger partial charge in [0, 0.05) is 44.4 Å². The summed E-state index contributed by atoms with van der Waals surface area (Å²) in [6.07, 6.45) is 8.50. The molecule has 1 aromatic rings. The maximum Gasteiger partial charge on any atom is 2.00 e. The van der Waals surface area contributed by atoms with Crippen LogP contribution in [0.15, 0.2) is 47.2 Å². The zero-order chi connectivity index (χ0) is 24.6. The standard InChI is InChI=1S/C20H28N2O2PSi.2C3H7.Ni/c1-21(2)14-8-10-16-18(12-14)26(6,7)19-13-15(22(3)4)9-11-17(19)20(16)25(23)24-5;2*1-3-2;/h8-13,25H,1-7H3;2*1,3H2,2H3;/q+1;2*-1;+2. The van der Waals surface area contributed by atoms with Crippen molar-refractivity contribution >= 4 is 38.0 Å². The first-order valence-corrected chi connectivity index (χ1v) is 15.5. The van der Waals surface area contributed by atoms with Gasteiger partial charge in [-0.05, 0) is 39.7 Å². The van der Waals surface area contributed by atoms with Crippen molar-refractivity contribution in [3.63, 3.8) is 0 Å². The molecule has 33 heavy (non-hydrogen) atoms. The summed E-state index contributed by atoms with van der Waals surface area (Å²) in [5.41, 5.74) is 4.55. The van der Waals surface area contributed by atoms with E-state index in [1.54, 1.807) is 0 Å². The van der Waals surface area contributed by atoms with Crippen molar-refractivity contribution in [2.24, 2.45) is 0 Å². The maximum absolute atomic E-state index is 12.9. The molecule has 0 saturated heterocycles. The van der Waals surface area contributed by atoms with E-state index >= 15 is 0 Å². The number of allylic oxidation sites excluding steroid dienone is 5. The van der Waals surface area contributed by atoms with E-state index in [-0.39, 0.29) is 16.5 Å². The van der Waals surface area contributed by atoms with Crippen LogP contribution < -0.4 is 10.1 Å². The second-order valence-corrected chi connectivity index (χ2v) is 14.6. The Kier molecular flexibility index (Phi) is 13.8. The van der Waals surface area contributed by atoms with Crippen molar-refractivity contribution in [2.45, 2.75) is 39.8 Å². The van der Waals surface area contributed by atoms with E-state index in [1.807, 2.05) is 13.8 Å². The third-order valence-electron chi connectivity index (χ3n) is 5.31. The molecule has 1 aliphatic carbocycles. The predicted octanol–water partition coefficient (Wildman–Crippen LogP) is 5.72. The van der Waals surface area contributed by atoms with Crippen LogP contribution in [0.2, 0.25) is 13.1 Å². The number of hydrogen-bond donors (Lipinski definition) is 0. The largest absolute Gasteiger partial charge is 2.00 e. The van der Waals surface area contributed by atoms with E-state index in [0.29, 0.717) is 0 Å². The Morgan fingerprint density at radius 1 is 1.09 bits per heavy atom. The molecule has 0 N–H and O–H groups in total. The average Bonchev–Trinajstić information content (AvgIpc) is 2.74. The third-order valence-corrected chi connectivity index (χ3v) is 10.2. The molecular weight excluding hydrogens is 490 g/mol. The van der Waals surface area contributed by atoms with Gasteiger partial charge in [0.25, 0.3) is 0 Å². The fourth-order valence-corrected chi connectivity index (χ4v) is 8.10. The topological polar surface area (TPSA) is 32.6 Å². The molecule has 186 valence electrons. The van der Waals surface area contributed by atoms with Crippen LogP contribution >= 0.6 is 8.03 Å². The summed E-state index contributed by atoms with van der Waals surface area (Å²) < 4.78 is 20.3. The fraction of sp³-hybridized carbons (Fsp3) is 0.423. The summed E-state index contributed by atoms with van der Waals surface area (Å²) in [6, 6.07) is 6.50. The van der Waals surface area contributed by atoms with Gasteiger partial charge in [0.15, 0.2) is 5.71 Å². The van der Waals surface area contributed by atoms with Crippen LogP contribution in [0, 0.1) is 13.8 Å². The van der Waals surface area contributed by atoms with Gasteiger partial charge in [0.05, 0.1) is 0 Å². The molecule has 1 aliphatic heterocycles. The smallest absolute Gasteiger partial charge is 0.378 e. The van der Waals surface area contributed by atoms with Gasteiger partial charge in [-0.3, -0.25) is 4.57 Å². The molecule has 1 atom stereocenters. The van der Waals surface area contributed by atoms with Crippen LogP contribution in [-0.4, -0.2) is 53.7 Å². The van der Waals surface area contributed by atoms with Crippen molar-refractivity contribution in [3.05, 3.63) is 66.6 Å². The van der Waals surface area contributed by atoms with Crippen molar-refractivity contribution in [1.82, 2.24) is 0 Å². The van der Waals surface area contributed by atoms with Crippen LogP contribution in [-0.2, 0) is 25.6 Å². The van der Waals surface area contributed by atoms with Crippen molar-refractivity contribution in [3.8, 4) is 0 Å². The number of anilines is 1. The van der Waals surface area contributed by atoms with E-state index in [1.165, 1.54) is 28.9 Å². The first-order chi connectivity index (χ1) is 15.0. The zero-order valence-electron chi connectivity index (χ0n) is 21.8. The number of fused-ring (bicyclic) bond motifs is 2. The van der Waals surface area contributed by atoms with Gasteiger partial charge in [-0.15, -0.1) is 0 Å².